The number of rotatable bonds is 0. The monoisotopic (exact) mass is 430 g/mol. The summed E-state index contributed by atoms with van der Waals surface area (Å²) in [4.78, 5) is 23.3. The zero-order valence-corrected chi connectivity index (χ0v) is 17.5. The van der Waals surface area contributed by atoms with Gasteiger partial charge in [-0.25, -0.2) is 24.8 Å². The van der Waals surface area contributed by atoms with Crippen LogP contribution in [0.4, 0.5) is 5.69 Å². The lowest BCUT2D eigenvalue weighted by atomic mass is 9.99. The average molecular weight is 430 g/mol. The van der Waals surface area contributed by atoms with E-state index in [2.05, 4.69) is 35.2 Å². The van der Waals surface area contributed by atoms with Gasteiger partial charge in [0.1, 0.15) is 0 Å². The Bertz CT molecular complexity index is 1890. The van der Waals surface area contributed by atoms with Gasteiger partial charge in [-0.2, -0.15) is 5.26 Å². The second-order valence-electron chi connectivity index (χ2n) is 8.51. The summed E-state index contributed by atoms with van der Waals surface area (Å²) in [5, 5.41) is 11.5. The molecular formula is C28H10N6. The third kappa shape index (κ3) is 1.98. The zero-order chi connectivity index (χ0) is 22.6. The molecule has 0 saturated carbocycles. The largest absolute Gasteiger partial charge is 0.245 e. The van der Waals surface area contributed by atoms with Crippen molar-refractivity contribution in [3.05, 3.63) is 77.6 Å². The van der Waals surface area contributed by atoms with Crippen molar-refractivity contribution in [1.29, 1.82) is 5.26 Å². The molecule has 152 valence electrons. The molecule has 0 spiro atoms. The molecule has 2 aromatic heterocycles. The SMILES string of the molecule is [C-]#[N+]c1ccc2nc3c(nc2c1)-c1ccc2c4c(ccc-3c14)-c1nc3ccc(C#N)cc3nc1-2. The molecule has 8 rings (SSSR count). The second kappa shape index (κ2) is 5.78. The van der Waals surface area contributed by atoms with E-state index >= 15 is 0 Å². The number of fused-ring (bicyclic) bond motifs is 8. The van der Waals surface area contributed by atoms with Crippen molar-refractivity contribution >= 4 is 38.5 Å². The minimum absolute atomic E-state index is 0.553. The van der Waals surface area contributed by atoms with Crippen LogP contribution in [0.2, 0.25) is 0 Å². The fourth-order valence-corrected chi connectivity index (χ4v) is 5.27. The highest BCUT2D eigenvalue weighted by molar-refractivity contribution is 6.25. The molecule has 0 fully saturated rings. The Labute approximate surface area is 192 Å². The summed E-state index contributed by atoms with van der Waals surface area (Å²) < 4.78 is 0. The molecule has 6 aromatic rings. The van der Waals surface area contributed by atoms with Gasteiger partial charge in [-0.3, -0.25) is 0 Å². The van der Waals surface area contributed by atoms with Crippen LogP contribution in [-0.2, 0) is 0 Å². The minimum Gasteiger partial charge on any atom is -0.245 e. The Morgan fingerprint density at radius 2 is 1.06 bits per heavy atom. The van der Waals surface area contributed by atoms with Gasteiger partial charge in [0.05, 0.1) is 63.0 Å². The van der Waals surface area contributed by atoms with Crippen molar-refractivity contribution in [3.63, 3.8) is 0 Å². The molecule has 0 atom stereocenters. The fraction of sp³-hybridized carbons (Fsp3) is 0. The molecule has 2 aliphatic carbocycles. The van der Waals surface area contributed by atoms with Gasteiger partial charge in [-0.1, -0.05) is 30.3 Å². The first-order valence-electron chi connectivity index (χ1n) is 10.8. The van der Waals surface area contributed by atoms with Gasteiger partial charge in [0.25, 0.3) is 0 Å². The normalized spacial score (nSPS) is 12.1. The highest BCUT2D eigenvalue weighted by atomic mass is 14.9. The van der Waals surface area contributed by atoms with Crippen molar-refractivity contribution in [2.24, 2.45) is 0 Å². The summed E-state index contributed by atoms with van der Waals surface area (Å²) in [6.45, 7) is 7.31. The molecule has 2 heterocycles. The van der Waals surface area contributed by atoms with E-state index in [0.717, 1.165) is 72.4 Å². The number of nitriles is 1. The van der Waals surface area contributed by atoms with Crippen LogP contribution in [0, 0.1) is 17.9 Å². The van der Waals surface area contributed by atoms with Crippen molar-refractivity contribution in [3.8, 4) is 51.1 Å². The number of hydrogen-bond acceptors (Lipinski definition) is 5. The highest BCUT2D eigenvalue weighted by Crippen LogP contribution is 2.54. The highest BCUT2D eigenvalue weighted by Gasteiger charge is 2.32. The number of hydrogen-bond donors (Lipinski definition) is 0. The van der Waals surface area contributed by atoms with E-state index in [1.165, 1.54) is 0 Å². The lowest BCUT2D eigenvalue weighted by molar-refractivity contribution is 1.31. The maximum atomic E-state index is 9.28. The predicted octanol–water partition coefficient (Wildman–Crippen LogP) is 6.44. The van der Waals surface area contributed by atoms with Gasteiger partial charge in [0.15, 0.2) is 5.69 Å². The van der Waals surface area contributed by atoms with Crippen LogP contribution in [0.25, 0.3) is 82.7 Å². The van der Waals surface area contributed by atoms with Crippen LogP contribution in [0.5, 0.6) is 0 Å². The molecule has 6 heteroatoms. The molecule has 0 radical (unpaired) electrons. The van der Waals surface area contributed by atoms with Crippen molar-refractivity contribution in [2.45, 2.75) is 0 Å². The summed E-state index contributed by atoms with van der Waals surface area (Å²) in [5.41, 5.74) is 11.7. The van der Waals surface area contributed by atoms with Gasteiger partial charge in [-0.15, -0.1) is 0 Å². The minimum atomic E-state index is 0.553. The van der Waals surface area contributed by atoms with Crippen LogP contribution in [-0.4, -0.2) is 19.9 Å². The summed E-state index contributed by atoms with van der Waals surface area (Å²) >= 11 is 0. The summed E-state index contributed by atoms with van der Waals surface area (Å²) in [6.07, 6.45) is 0. The van der Waals surface area contributed by atoms with Gasteiger partial charge in [-0.05, 0) is 30.3 Å². The van der Waals surface area contributed by atoms with Crippen molar-refractivity contribution in [2.75, 3.05) is 0 Å². The van der Waals surface area contributed by atoms with Gasteiger partial charge < -0.3 is 0 Å². The van der Waals surface area contributed by atoms with E-state index in [4.69, 9.17) is 26.5 Å². The number of aromatic nitrogens is 4. The lowest BCUT2D eigenvalue weighted by Gasteiger charge is -2.05. The van der Waals surface area contributed by atoms with Gasteiger partial charge >= 0.3 is 0 Å². The third-order valence-electron chi connectivity index (χ3n) is 6.75. The van der Waals surface area contributed by atoms with Crippen LogP contribution in [0.1, 0.15) is 5.56 Å². The molecule has 0 N–H and O–H groups in total. The standard InChI is InChI=1S/C28H10N6/c1-30-14-3-9-20-22(11-14)34-28-18-7-6-17-23-15(4-5-16(24(18)23)26(28)32-20)25-27(17)33-21-10-13(12-29)2-8-19(21)31-25/h2-11H. The Hall–Kier alpha value is -5.20. The molecule has 34 heavy (non-hydrogen) atoms. The molecule has 0 unspecified atom stereocenters. The van der Waals surface area contributed by atoms with Gasteiger partial charge in [0.2, 0.25) is 0 Å². The smallest absolute Gasteiger partial charge is 0.189 e. The average Bonchev–Trinajstić information content (AvgIpc) is 3.36. The number of nitrogens with zero attached hydrogens (tertiary/aromatic N) is 6. The van der Waals surface area contributed by atoms with E-state index in [-0.39, 0.29) is 0 Å². The van der Waals surface area contributed by atoms with Crippen molar-refractivity contribution in [1.82, 2.24) is 19.9 Å². The van der Waals surface area contributed by atoms with E-state index in [9.17, 15) is 5.26 Å². The predicted molar refractivity (Wildman–Crippen MR) is 130 cm³/mol. The third-order valence-corrected chi connectivity index (χ3v) is 6.75. The van der Waals surface area contributed by atoms with Crippen LogP contribution in [0.15, 0.2) is 60.7 Å². The lowest BCUT2D eigenvalue weighted by Crippen LogP contribution is -1.91. The van der Waals surface area contributed by atoms with E-state index in [1.807, 2.05) is 12.1 Å². The molecule has 0 amide bonds. The Morgan fingerprint density at radius 3 is 1.56 bits per heavy atom. The first-order valence-corrected chi connectivity index (χ1v) is 10.8. The zero-order valence-electron chi connectivity index (χ0n) is 17.5. The molecule has 0 saturated heterocycles. The van der Waals surface area contributed by atoms with Crippen molar-refractivity contribution < 1.29 is 0 Å². The fourth-order valence-electron chi connectivity index (χ4n) is 5.27. The van der Waals surface area contributed by atoms with Crippen LogP contribution < -0.4 is 0 Å². The maximum absolute atomic E-state index is 9.28. The summed E-state index contributed by atoms with van der Waals surface area (Å²) in [6, 6.07) is 21.4. The molecule has 4 aromatic carbocycles. The van der Waals surface area contributed by atoms with Gasteiger partial charge in [0, 0.05) is 33.0 Å². The topological polar surface area (TPSA) is 79.7 Å². The second-order valence-corrected chi connectivity index (χ2v) is 8.51. The van der Waals surface area contributed by atoms with Crippen LogP contribution >= 0.6 is 0 Å². The Morgan fingerprint density at radius 1 is 0.588 bits per heavy atom. The van der Waals surface area contributed by atoms with Crippen LogP contribution in [0.3, 0.4) is 0 Å². The first-order chi connectivity index (χ1) is 16.7. The first kappa shape index (κ1) is 17.4. The molecule has 0 aliphatic heterocycles. The van der Waals surface area contributed by atoms with E-state index in [1.54, 1.807) is 24.3 Å². The quantitative estimate of drug-likeness (QED) is 0.259. The number of benzene rings is 4. The Balaban J connectivity index is 1.45. The molecular weight excluding hydrogens is 420 g/mol. The van der Waals surface area contributed by atoms with E-state index in [0.29, 0.717) is 16.8 Å². The molecule has 2 aliphatic rings. The summed E-state index contributed by atoms with van der Waals surface area (Å²) in [7, 11) is 0. The Kier molecular flexibility index (Phi) is 2.95. The molecule has 0 bridgehead atoms. The summed E-state index contributed by atoms with van der Waals surface area (Å²) in [5.74, 6) is 0. The maximum Gasteiger partial charge on any atom is 0.189 e. The van der Waals surface area contributed by atoms with E-state index < -0.39 is 0 Å². The molecule has 6 nitrogen and oxygen atoms in total.